The average Bonchev–Trinajstić information content (AvgIpc) is 2.15. The molecule has 0 aliphatic heterocycles. The van der Waals surface area contributed by atoms with Crippen LogP contribution in [-0.2, 0) is 20.6 Å². The summed E-state index contributed by atoms with van der Waals surface area (Å²) >= 11 is 0. The maximum Gasteiger partial charge on any atom is 0.239 e. The summed E-state index contributed by atoms with van der Waals surface area (Å²) in [6.45, 7) is 0. The number of hydrogen-bond donors (Lipinski definition) is 1. The van der Waals surface area contributed by atoms with Gasteiger partial charge in [0.25, 0.3) is 0 Å². The predicted molar refractivity (Wildman–Crippen MR) is 58.3 cm³/mol. The second kappa shape index (κ2) is 4.61. The maximum atomic E-state index is 11.6. The van der Waals surface area contributed by atoms with Gasteiger partial charge >= 0.3 is 0 Å². The Balaban J connectivity index is 2.87. The summed E-state index contributed by atoms with van der Waals surface area (Å²) in [4.78, 5) is 4.63. The number of nitrogen functional groups attached to an aromatic ring is 1. The van der Waals surface area contributed by atoms with E-state index in [4.69, 9.17) is 5.73 Å². The standard InChI is InChI=1S/C9H14N2O3S/c1-11(14-2)15(12,13)7-8-4-3-5-9(10)6-8/h3-6H,7,10H2,1-2H3. The van der Waals surface area contributed by atoms with E-state index < -0.39 is 10.0 Å². The highest BCUT2D eigenvalue weighted by molar-refractivity contribution is 7.88. The molecular formula is C9H14N2O3S. The van der Waals surface area contributed by atoms with Crippen LogP contribution < -0.4 is 5.73 Å². The zero-order valence-electron chi connectivity index (χ0n) is 8.67. The number of nitrogens with two attached hydrogens (primary N) is 1. The molecule has 0 unspecified atom stereocenters. The Labute approximate surface area is 89.5 Å². The Hall–Kier alpha value is -1.11. The van der Waals surface area contributed by atoms with Gasteiger partial charge in [-0.05, 0) is 17.7 Å². The van der Waals surface area contributed by atoms with Crippen molar-refractivity contribution in [3.63, 3.8) is 0 Å². The third-order valence-electron chi connectivity index (χ3n) is 1.95. The van der Waals surface area contributed by atoms with Crippen LogP contribution in [0.15, 0.2) is 24.3 Å². The van der Waals surface area contributed by atoms with Gasteiger partial charge in [0.15, 0.2) is 0 Å². The average molecular weight is 230 g/mol. The fraction of sp³-hybridized carbons (Fsp3) is 0.333. The second-order valence-corrected chi connectivity index (χ2v) is 5.06. The number of benzene rings is 1. The summed E-state index contributed by atoms with van der Waals surface area (Å²) in [6, 6.07) is 6.75. The van der Waals surface area contributed by atoms with Crippen LogP contribution in [0.5, 0.6) is 0 Å². The largest absolute Gasteiger partial charge is 0.399 e. The van der Waals surface area contributed by atoms with Crippen molar-refractivity contribution in [2.75, 3.05) is 19.9 Å². The third kappa shape index (κ3) is 3.19. The van der Waals surface area contributed by atoms with E-state index in [-0.39, 0.29) is 5.75 Å². The smallest absolute Gasteiger partial charge is 0.239 e. The van der Waals surface area contributed by atoms with Gasteiger partial charge in [0.1, 0.15) is 0 Å². The van der Waals surface area contributed by atoms with E-state index in [1.165, 1.54) is 14.2 Å². The lowest BCUT2D eigenvalue weighted by Gasteiger charge is -2.13. The predicted octanol–water partition coefficient (Wildman–Crippen LogP) is 0.592. The quantitative estimate of drug-likeness (QED) is 0.607. The zero-order valence-corrected chi connectivity index (χ0v) is 9.49. The van der Waals surface area contributed by atoms with Gasteiger partial charge in [-0.3, -0.25) is 4.84 Å². The zero-order chi connectivity index (χ0) is 11.5. The van der Waals surface area contributed by atoms with E-state index in [0.717, 1.165) is 4.47 Å². The number of sulfonamides is 1. The fourth-order valence-corrected chi connectivity index (χ4v) is 2.11. The number of hydrogen-bond acceptors (Lipinski definition) is 4. The van der Waals surface area contributed by atoms with Crippen molar-refractivity contribution in [1.82, 2.24) is 4.47 Å². The summed E-state index contributed by atoms with van der Waals surface area (Å²) in [5.74, 6) is -0.123. The Morgan fingerprint density at radius 1 is 1.47 bits per heavy atom. The number of hydroxylamine groups is 1. The van der Waals surface area contributed by atoms with E-state index in [1.54, 1.807) is 24.3 Å². The molecule has 0 heterocycles. The lowest BCUT2D eigenvalue weighted by Crippen LogP contribution is -2.27. The Morgan fingerprint density at radius 3 is 2.67 bits per heavy atom. The van der Waals surface area contributed by atoms with Gasteiger partial charge in [-0.1, -0.05) is 16.6 Å². The minimum atomic E-state index is -3.42. The molecule has 15 heavy (non-hydrogen) atoms. The highest BCUT2D eigenvalue weighted by atomic mass is 32.2. The van der Waals surface area contributed by atoms with Gasteiger partial charge in [-0.15, -0.1) is 0 Å². The first-order valence-corrected chi connectivity index (χ1v) is 5.92. The molecule has 0 aliphatic carbocycles. The van der Waals surface area contributed by atoms with Crippen LogP contribution in [0, 0.1) is 0 Å². The molecular weight excluding hydrogens is 216 g/mol. The normalized spacial score (nSPS) is 11.9. The van der Waals surface area contributed by atoms with Gasteiger partial charge in [0.2, 0.25) is 10.0 Å². The molecule has 1 aromatic carbocycles. The van der Waals surface area contributed by atoms with Gasteiger partial charge in [-0.2, -0.15) is 0 Å². The van der Waals surface area contributed by atoms with Gasteiger partial charge in [0.05, 0.1) is 12.9 Å². The van der Waals surface area contributed by atoms with Crippen molar-refractivity contribution in [1.29, 1.82) is 0 Å². The molecule has 2 N–H and O–H groups in total. The lowest BCUT2D eigenvalue weighted by atomic mass is 10.2. The van der Waals surface area contributed by atoms with Gasteiger partial charge in [-0.25, -0.2) is 8.42 Å². The molecule has 0 aromatic heterocycles. The van der Waals surface area contributed by atoms with Crippen LogP contribution in [0.4, 0.5) is 5.69 Å². The number of nitrogens with zero attached hydrogens (tertiary/aromatic N) is 1. The number of rotatable bonds is 4. The van der Waals surface area contributed by atoms with Crippen LogP contribution >= 0.6 is 0 Å². The molecule has 0 atom stereocenters. The molecule has 0 spiro atoms. The molecule has 5 nitrogen and oxygen atoms in total. The van der Waals surface area contributed by atoms with Crippen molar-refractivity contribution in [3.8, 4) is 0 Å². The first kappa shape index (κ1) is 12.0. The highest BCUT2D eigenvalue weighted by Gasteiger charge is 2.18. The fourth-order valence-electron chi connectivity index (χ4n) is 1.10. The van der Waals surface area contributed by atoms with Crippen LogP contribution in [0.2, 0.25) is 0 Å². The molecule has 0 saturated heterocycles. The molecule has 0 fully saturated rings. The molecule has 0 radical (unpaired) electrons. The second-order valence-electron chi connectivity index (χ2n) is 3.09. The Morgan fingerprint density at radius 2 is 2.13 bits per heavy atom. The van der Waals surface area contributed by atoms with Crippen molar-refractivity contribution in [2.45, 2.75) is 5.75 Å². The van der Waals surface area contributed by atoms with Gasteiger partial charge in [0, 0.05) is 12.7 Å². The molecule has 0 aliphatic rings. The van der Waals surface area contributed by atoms with E-state index >= 15 is 0 Å². The first-order valence-electron chi connectivity index (χ1n) is 4.31. The Bertz CT molecular complexity index is 431. The summed E-state index contributed by atoms with van der Waals surface area (Å²) in [6.07, 6.45) is 0. The molecule has 0 bridgehead atoms. The summed E-state index contributed by atoms with van der Waals surface area (Å²) in [5.41, 5.74) is 6.73. The van der Waals surface area contributed by atoms with Gasteiger partial charge < -0.3 is 5.73 Å². The molecule has 0 saturated carbocycles. The van der Waals surface area contributed by atoms with Crippen LogP contribution in [0.3, 0.4) is 0 Å². The van der Waals surface area contributed by atoms with Crippen molar-refractivity contribution in [3.05, 3.63) is 29.8 Å². The topological polar surface area (TPSA) is 72.6 Å². The minimum absolute atomic E-state index is 0.123. The molecule has 1 aromatic rings. The maximum absolute atomic E-state index is 11.6. The summed E-state index contributed by atoms with van der Waals surface area (Å²) < 4.78 is 24.0. The minimum Gasteiger partial charge on any atom is -0.399 e. The van der Waals surface area contributed by atoms with E-state index in [2.05, 4.69) is 4.84 Å². The van der Waals surface area contributed by atoms with E-state index in [1.807, 2.05) is 0 Å². The van der Waals surface area contributed by atoms with E-state index in [0.29, 0.717) is 11.3 Å². The van der Waals surface area contributed by atoms with Crippen LogP contribution in [-0.4, -0.2) is 27.0 Å². The molecule has 6 heteroatoms. The van der Waals surface area contributed by atoms with Crippen molar-refractivity contribution < 1.29 is 13.3 Å². The Kier molecular flexibility index (Phi) is 3.67. The summed E-state index contributed by atoms with van der Waals surface area (Å²) in [7, 11) is -0.773. The van der Waals surface area contributed by atoms with E-state index in [9.17, 15) is 8.42 Å². The monoisotopic (exact) mass is 230 g/mol. The highest BCUT2D eigenvalue weighted by Crippen LogP contribution is 2.12. The summed E-state index contributed by atoms with van der Waals surface area (Å²) in [5, 5.41) is 0. The van der Waals surface area contributed by atoms with Crippen LogP contribution in [0.25, 0.3) is 0 Å². The SMILES string of the molecule is CON(C)S(=O)(=O)Cc1cccc(N)c1. The molecule has 1 rings (SSSR count). The van der Waals surface area contributed by atoms with Crippen molar-refractivity contribution >= 4 is 15.7 Å². The first-order chi connectivity index (χ1) is 6.95. The molecule has 84 valence electrons. The van der Waals surface area contributed by atoms with Crippen LogP contribution in [0.1, 0.15) is 5.56 Å². The molecule has 0 amide bonds. The third-order valence-corrected chi connectivity index (χ3v) is 3.58. The van der Waals surface area contributed by atoms with Crippen molar-refractivity contribution in [2.24, 2.45) is 0 Å². The number of anilines is 1. The lowest BCUT2D eigenvalue weighted by molar-refractivity contribution is -0.0260.